The van der Waals surface area contributed by atoms with Gasteiger partial charge >= 0.3 is 0 Å². The molecule has 0 saturated carbocycles. The Labute approximate surface area is 93.3 Å². The van der Waals surface area contributed by atoms with Crippen molar-refractivity contribution >= 4 is 17.4 Å². The zero-order valence-electron chi connectivity index (χ0n) is 9.27. The lowest BCUT2D eigenvalue weighted by molar-refractivity contribution is -0.121. The van der Waals surface area contributed by atoms with Crippen molar-refractivity contribution in [3.63, 3.8) is 0 Å². The molecule has 5 heteroatoms. The summed E-state index contributed by atoms with van der Waals surface area (Å²) in [5.74, 6) is 0.392. The molecule has 2 heterocycles. The summed E-state index contributed by atoms with van der Waals surface area (Å²) in [6.07, 6.45) is 3.53. The highest BCUT2D eigenvalue weighted by Gasteiger charge is 2.25. The summed E-state index contributed by atoms with van der Waals surface area (Å²) in [7, 11) is 0. The number of imidazole rings is 1. The number of aromatic nitrogens is 2. The first kappa shape index (κ1) is 10.5. The summed E-state index contributed by atoms with van der Waals surface area (Å²) in [4.78, 5) is 15.4. The molecule has 2 aromatic heterocycles. The molecule has 0 fully saturated rings. The Balaban J connectivity index is 2.41. The van der Waals surface area contributed by atoms with Crippen LogP contribution in [0.4, 0.5) is 5.82 Å². The predicted molar refractivity (Wildman–Crippen MR) is 62.1 cm³/mol. The Morgan fingerprint density at radius 1 is 1.50 bits per heavy atom. The summed E-state index contributed by atoms with van der Waals surface area (Å²) in [6, 6.07) is 5.64. The number of rotatable bonds is 3. The van der Waals surface area contributed by atoms with E-state index in [4.69, 9.17) is 5.73 Å². The number of hydrogen-bond donors (Lipinski definition) is 2. The molecule has 0 aliphatic rings. The van der Waals surface area contributed by atoms with Crippen LogP contribution in [0.15, 0.2) is 30.6 Å². The molecule has 2 rings (SSSR count). The van der Waals surface area contributed by atoms with Crippen molar-refractivity contribution in [1.82, 2.24) is 9.38 Å². The van der Waals surface area contributed by atoms with Gasteiger partial charge in [-0.2, -0.15) is 0 Å². The van der Waals surface area contributed by atoms with E-state index < -0.39 is 11.4 Å². The van der Waals surface area contributed by atoms with Crippen molar-refractivity contribution in [2.24, 2.45) is 5.73 Å². The van der Waals surface area contributed by atoms with Gasteiger partial charge in [-0.15, -0.1) is 0 Å². The molecule has 0 aliphatic carbocycles. The van der Waals surface area contributed by atoms with Gasteiger partial charge in [0.05, 0.1) is 0 Å². The lowest BCUT2D eigenvalue weighted by Crippen LogP contribution is -2.45. The maximum Gasteiger partial charge on any atom is 0.242 e. The molecule has 0 spiro atoms. The average Bonchev–Trinajstić information content (AvgIpc) is 2.65. The number of nitrogens with one attached hydrogen (secondary N) is 1. The molecule has 2 aromatic rings. The van der Waals surface area contributed by atoms with Crippen LogP contribution in [0.5, 0.6) is 0 Å². The number of pyridine rings is 1. The molecular formula is C11H14N4O. The number of fused-ring (bicyclic) bond motifs is 1. The Bertz CT molecular complexity index is 530. The zero-order valence-corrected chi connectivity index (χ0v) is 9.27. The van der Waals surface area contributed by atoms with E-state index in [0.29, 0.717) is 0 Å². The maximum atomic E-state index is 11.2. The molecule has 0 unspecified atom stereocenters. The van der Waals surface area contributed by atoms with E-state index in [1.807, 2.05) is 28.8 Å². The van der Waals surface area contributed by atoms with Crippen molar-refractivity contribution in [1.29, 1.82) is 0 Å². The van der Waals surface area contributed by atoms with Gasteiger partial charge in [0.2, 0.25) is 5.91 Å². The van der Waals surface area contributed by atoms with Gasteiger partial charge in [-0.05, 0) is 26.0 Å². The molecule has 16 heavy (non-hydrogen) atoms. The third-order valence-corrected chi connectivity index (χ3v) is 2.48. The summed E-state index contributed by atoms with van der Waals surface area (Å²) >= 11 is 0. The Kier molecular flexibility index (Phi) is 2.30. The molecule has 84 valence electrons. The van der Waals surface area contributed by atoms with Gasteiger partial charge < -0.3 is 11.1 Å². The normalized spacial score (nSPS) is 11.6. The first-order valence-electron chi connectivity index (χ1n) is 5.01. The molecule has 0 aliphatic heterocycles. The van der Waals surface area contributed by atoms with Crippen LogP contribution in [0.1, 0.15) is 13.8 Å². The van der Waals surface area contributed by atoms with E-state index in [1.165, 1.54) is 0 Å². The van der Waals surface area contributed by atoms with Crippen molar-refractivity contribution in [2.45, 2.75) is 19.4 Å². The van der Waals surface area contributed by atoms with Gasteiger partial charge in [0.15, 0.2) is 0 Å². The number of primary amides is 1. The monoisotopic (exact) mass is 218 g/mol. The highest BCUT2D eigenvalue weighted by molar-refractivity contribution is 5.86. The Hall–Kier alpha value is -2.04. The van der Waals surface area contributed by atoms with Gasteiger partial charge in [-0.3, -0.25) is 9.20 Å². The molecule has 0 radical (unpaired) electrons. The molecule has 0 aromatic carbocycles. The van der Waals surface area contributed by atoms with Gasteiger partial charge in [0.1, 0.15) is 17.0 Å². The minimum atomic E-state index is -0.793. The largest absolute Gasteiger partial charge is 0.368 e. The topological polar surface area (TPSA) is 72.4 Å². The number of nitrogens with two attached hydrogens (primary N) is 1. The third kappa shape index (κ3) is 1.71. The SMILES string of the molecule is CC(C)(Nc1cccc2nccn12)C(N)=O. The standard InChI is InChI=1S/C11H14N4O/c1-11(2,10(12)16)14-9-5-3-4-8-13-6-7-15(8)9/h3-7,14H,1-2H3,(H2,12,16). The van der Waals surface area contributed by atoms with E-state index in [1.54, 1.807) is 20.0 Å². The highest BCUT2D eigenvalue weighted by Crippen LogP contribution is 2.16. The van der Waals surface area contributed by atoms with E-state index in [-0.39, 0.29) is 0 Å². The van der Waals surface area contributed by atoms with Crippen LogP contribution >= 0.6 is 0 Å². The minimum absolute atomic E-state index is 0.399. The molecular weight excluding hydrogens is 204 g/mol. The third-order valence-electron chi connectivity index (χ3n) is 2.48. The second-order valence-electron chi connectivity index (χ2n) is 4.18. The molecule has 0 atom stereocenters. The first-order chi connectivity index (χ1) is 7.50. The van der Waals surface area contributed by atoms with Gasteiger partial charge in [-0.1, -0.05) is 6.07 Å². The van der Waals surface area contributed by atoms with E-state index in [9.17, 15) is 4.79 Å². The number of carbonyl (C=O) groups is 1. The number of nitrogens with zero attached hydrogens (tertiary/aromatic N) is 2. The molecule has 1 amide bonds. The quantitative estimate of drug-likeness (QED) is 0.807. The van der Waals surface area contributed by atoms with Crippen molar-refractivity contribution in [3.8, 4) is 0 Å². The smallest absolute Gasteiger partial charge is 0.242 e. The lowest BCUT2D eigenvalue weighted by atomic mass is 10.1. The predicted octanol–water partition coefficient (Wildman–Crippen LogP) is 1.01. The van der Waals surface area contributed by atoms with Crippen LogP contribution in [-0.2, 0) is 4.79 Å². The fourth-order valence-corrected chi connectivity index (χ4v) is 1.43. The maximum absolute atomic E-state index is 11.2. The fraction of sp³-hybridized carbons (Fsp3) is 0.273. The van der Waals surface area contributed by atoms with Gasteiger partial charge in [0.25, 0.3) is 0 Å². The number of hydrogen-bond acceptors (Lipinski definition) is 3. The van der Waals surface area contributed by atoms with Crippen LogP contribution in [0, 0.1) is 0 Å². The summed E-state index contributed by atoms with van der Waals surface area (Å²) < 4.78 is 1.87. The first-order valence-corrected chi connectivity index (χ1v) is 5.01. The van der Waals surface area contributed by atoms with Crippen LogP contribution in [0.3, 0.4) is 0 Å². The fourth-order valence-electron chi connectivity index (χ4n) is 1.43. The van der Waals surface area contributed by atoms with Crippen LogP contribution < -0.4 is 11.1 Å². The van der Waals surface area contributed by atoms with Gasteiger partial charge in [-0.25, -0.2) is 4.98 Å². The molecule has 0 bridgehead atoms. The second-order valence-corrected chi connectivity index (χ2v) is 4.18. The second kappa shape index (κ2) is 3.52. The number of anilines is 1. The lowest BCUT2D eigenvalue weighted by Gasteiger charge is -2.24. The number of carbonyl (C=O) groups excluding carboxylic acids is 1. The molecule has 3 N–H and O–H groups in total. The van der Waals surface area contributed by atoms with Crippen molar-refractivity contribution < 1.29 is 4.79 Å². The summed E-state index contributed by atoms with van der Waals surface area (Å²) in [5.41, 5.74) is 5.34. The van der Waals surface area contributed by atoms with Crippen LogP contribution in [0.25, 0.3) is 5.65 Å². The van der Waals surface area contributed by atoms with Gasteiger partial charge in [0, 0.05) is 12.4 Å². The van der Waals surface area contributed by atoms with E-state index in [2.05, 4.69) is 10.3 Å². The minimum Gasteiger partial charge on any atom is -0.368 e. The summed E-state index contributed by atoms with van der Waals surface area (Å²) in [6.45, 7) is 3.48. The Morgan fingerprint density at radius 2 is 2.25 bits per heavy atom. The zero-order chi connectivity index (χ0) is 11.8. The van der Waals surface area contributed by atoms with E-state index >= 15 is 0 Å². The molecule has 0 saturated heterocycles. The van der Waals surface area contributed by atoms with E-state index in [0.717, 1.165) is 11.5 Å². The highest BCUT2D eigenvalue weighted by atomic mass is 16.1. The average molecular weight is 218 g/mol. The Morgan fingerprint density at radius 3 is 2.94 bits per heavy atom. The van der Waals surface area contributed by atoms with Crippen LogP contribution in [0.2, 0.25) is 0 Å². The summed E-state index contributed by atoms with van der Waals surface area (Å²) in [5, 5.41) is 3.10. The molecule has 5 nitrogen and oxygen atoms in total. The number of amides is 1. The van der Waals surface area contributed by atoms with Crippen LogP contribution in [-0.4, -0.2) is 20.8 Å². The van der Waals surface area contributed by atoms with Crippen molar-refractivity contribution in [2.75, 3.05) is 5.32 Å². The van der Waals surface area contributed by atoms with Crippen molar-refractivity contribution in [3.05, 3.63) is 30.6 Å².